The van der Waals surface area contributed by atoms with E-state index >= 15 is 0 Å². The highest BCUT2D eigenvalue weighted by molar-refractivity contribution is 9.10. The van der Waals surface area contributed by atoms with Crippen molar-refractivity contribution in [2.75, 3.05) is 0 Å². The van der Waals surface area contributed by atoms with Gasteiger partial charge in [0.15, 0.2) is 0 Å². The topological polar surface area (TPSA) is 0 Å². The molecule has 6 aromatic rings. The Morgan fingerprint density at radius 3 is 1.90 bits per heavy atom. The average molecular weight is 465 g/mol. The second-order valence-corrected chi connectivity index (χ2v) is 9.47. The minimum absolute atomic E-state index is 1.10. The first kappa shape index (κ1) is 17.9. The zero-order valence-corrected chi connectivity index (χ0v) is 18.5. The van der Waals surface area contributed by atoms with E-state index in [1.807, 2.05) is 11.3 Å². The van der Waals surface area contributed by atoms with Crippen LogP contribution in [0.3, 0.4) is 0 Å². The van der Waals surface area contributed by atoms with Gasteiger partial charge in [-0.25, -0.2) is 0 Å². The van der Waals surface area contributed by atoms with Crippen LogP contribution in [0.1, 0.15) is 0 Å². The summed E-state index contributed by atoms with van der Waals surface area (Å²) in [5.74, 6) is 0. The summed E-state index contributed by atoms with van der Waals surface area (Å²) < 4.78 is 3.84. The third kappa shape index (κ3) is 2.87. The van der Waals surface area contributed by atoms with Crippen LogP contribution in [0.2, 0.25) is 0 Å². The van der Waals surface area contributed by atoms with Crippen molar-refractivity contribution >= 4 is 58.2 Å². The van der Waals surface area contributed by atoms with Crippen LogP contribution in [0.25, 0.3) is 53.2 Å². The van der Waals surface area contributed by atoms with Crippen LogP contribution in [-0.2, 0) is 0 Å². The molecule has 142 valence electrons. The largest absolute Gasteiger partial charge is 0.134 e. The summed E-state index contributed by atoms with van der Waals surface area (Å²) in [6.45, 7) is 0. The van der Waals surface area contributed by atoms with Gasteiger partial charge in [-0.1, -0.05) is 107 Å². The normalized spacial score (nSPS) is 11.5. The van der Waals surface area contributed by atoms with Gasteiger partial charge in [0, 0.05) is 24.6 Å². The third-order valence-electron chi connectivity index (χ3n) is 5.76. The van der Waals surface area contributed by atoms with Crippen molar-refractivity contribution in [1.29, 1.82) is 0 Å². The Kier molecular flexibility index (Phi) is 4.22. The van der Waals surface area contributed by atoms with E-state index in [4.69, 9.17) is 0 Å². The van der Waals surface area contributed by atoms with Gasteiger partial charge in [0.25, 0.3) is 0 Å². The lowest BCUT2D eigenvalue weighted by Crippen LogP contribution is -1.81. The zero-order valence-electron chi connectivity index (χ0n) is 16.1. The molecule has 0 atom stereocenters. The van der Waals surface area contributed by atoms with Crippen LogP contribution < -0.4 is 0 Å². The molecule has 0 radical (unpaired) electrons. The molecule has 2 heteroatoms. The lowest BCUT2D eigenvalue weighted by atomic mass is 9.99. The molecule has 0 aliphatic heterocycles. The van der Waals surface area contributed by atoms with E-state index in [0.717, 1.165) is 4.47 Å². The molecule has 0 amide bonds. The summed E-state index contributed by atoms with van der Waals surface area (Å²) in [5, 5.41) is 5.34. The maximum Gasteiger partial charge on any atom is 0.0434 e. The molecule has 1 heterocycles. The smallest absolute Gasteiger partial charge is 0.0434 e. The van der Waals surface area contributed by atoms with Gasteiger partial charge in [-0.2, -0.15) is 0 Å². The molecule has 0 bridgehead atoms. The number of hydrogen-bond acceptors (Lipinski definition) is 1. The van der Waals surface area contributed by atoms with Gasteiger partial charge in [-0.3, -0.25) is 0 Å². The molecule has 0 aliphatic carbocycles. The number of hydrogen-bond donors (Lipinski definition) is 0. The monoisotopic (exact) mass is 464 g/mol. The minimum atomic E-state index is 1.10. The highest BCUT2D eigenvalue weighted by Gasteiger charge is 2.12. The molecule has 0 saturated carbocycles. The van der Waals surface area contributed by atoms with Crippen LogP contribution in [0.5, 0.6) is 0 Å². The van der Waals surface area contributed by atoms with Crippen LogP contribution in [0.4, 0.5) is 0 Å². The lowest BCUT2D eigenvalue weighted by Gasteiger charge is -2.06. The number of thiophene rings is 1. The number of fused-ring (bicyclic) bond motifs is 5. The fraction of sp³-hybridized carbons (Fsp3) is 0. The molecule has 6 rings (SSSR count). The molecule has 0 fully saturated rings. The van der Waals surface area contributed by atoms with E-state index < -0.39 is 0 Å². The standard InChI is InChI=1S/C28H17BrS/c29-22-15-12-19(13-16-22)18-8-10-21(11-9-18)24-6-3-7-25-26-17-14-20-4-1-2-5-23(20)28(26)30-27(24)25/h1-17H. The first-order valence-electron chi connectivity index (χ1n) is 9.97. The van der Waals surface area contributed by atoms with Crippen molar-refractivity contribution in [2.24, 2.45) is 0 Å². The summed E-state index contributed by atoms with van der Waals surface area (Å²) >= 11 is 5.42. The maximum atomic E-state index is 3.51. The predicted molar refractivity (Wildman–Crippen MR) is 135 cm³/mol. The van der Waals surface area contributed by atoms with Crippen LogP contribution >= 0.6 is 27.3 Å². The summed E-state index contributed by atoms with van der Waals surface area (Å²) in [5.41, 5.74) is 5.04. The second-order valence-electron chi connectivity index (χ2n) is 7.53. The van der Waals surface area contributed by atoms with E-state index in [9.17, 15) is 0 Å². The van der Waals surface area contributed by atoms with Gasteiger partial charge < -0.3 is 0 Å². The minimum Gasteiger partial charge on any atom is -0.134 e. The van der Waals surface area contributed by atoms with Crippen LogP contribution in [0, 0.1) is 0 Å². The molecule has 0 unspecified atom stereocenters. The highest BCUT2D eigenvalue weighted by Crippen LogP contribution is 2.42. The molecule has 0 N–H and O–H groups in total. The van der Waals surface area contributed by atoms with Gasteiger partial charge in [-0.15, -0.1) is 11.3 Å². The second kappa shape index (κ2) is 7.09. The Bertz CT molecular complexity index is 1520. The zero-order chi connectivity index (χ0) is 20.1. The lowest BCUT2D eigenvalue weighted by molar-refractivity contribution is 1.59. The van der Waals surface area contributed by atoms with Crippen molar-refractivity contribution in [2.45, 2.75) is 0 Å². The van der Waals surface area contributed by atoms with Gasteiger partial charge in [0.05, 0.1) is 0 Å². The molecule has 0 aliphatic rings. The number of rotatable bonds is 2. The van der Waals surface area contributed by atoms with Gasteiger partial charge in [0.2, 0.25) is 0 Å². The highest BCUT2D eigenvalue weighted by atomic mass is 79.9. The van der Waals surface area contributed by atoms with Crippen molar-refractivity contribution in [3.8, 4) is 22.3 Å². The van der Waals surface area contributed by atoms with Gasteiger partial charge >= 0.3 is 0 Å². The first-order chi connectivity index (χ1) is 14.8. The van der Waals surface area contributed by atoms with Gasteiger partial charge in [-0.05, 0) is 45.2 Å². The Morgan fingerprint density at radius 2 is 1.10 bits per heavy atom. The third-order valence-corrected chi connectivity index (χ3v) is 7.58. The van der Waals surface area contributed by atoms with Gasteiger partial charge in [0.1, 0.15) is 0 Å². The van der Waals surface area contributed by atoms with E-state index in [1.165, 1.54) is 53.2 Å². The summed E-state index contributed by atoms with van der Waals surface area (Å²) in [6, 6.07) is 37.3. The molecular weight excluding hydrogens is 448 g/mol. The van der Waals surface area contributed by atoms with Crippen molar-refractivity contribution in [1.82, 2.24) is 0 Å². The van der Waals surface area contributed by atoms with Crippen molar-refractivity contribution in [3.63, 3.8) is 0 Å². The Balaban J connectivity index is 1.52. The van der Waals surface area contributed by atoms with Crippen LogP contribution in [0.15, 0.2) is 108 Å². The van der Waals surface area contributed by atoms with Crippen molar-refractivity contribution < 1.29 is 0 Å². The van der Waals surface area contributed by atoms with E-state index in [-0.39, 0.29) is 0 Å². The SMILES string of the molecule is Brc1ccc(-c2ccc(-c3cccc4c3sc3c5ccccc5ccc43)cc2)cc1. The fourth-order valence-electron chi connectivity index (χ4n) is 4.24. The maximum absolute atomic E-state index is 3.51. The molecular formula is C28H17BrS. The summed E-state index contributed by atoms with van der Waals surface area (Å²) in [7, 11) is 0. The van der Waals surface area contributed by atoms with Crippen molar-refractivity contribution in [3.05, 3.63) is 108 Å². The Labute approximate surface area is 187 Å². The summed E-state index contributed by atoms with van der Waals surface area (Å²) in [4.78, 5) is 0. The molecule has 30 heavy (non-hydrogen) atoms. The average Bonchev–Trinajstić information content (AvgIpc) is 3.19. The first-order valence-corrected chi connectivity index (χ1v) is 11.6. The molecule has 0 saturated heterocycles. The molecule has 1 aromatic heterocycles. The summed E-state index contributed by atoms with van der Waals surface area (Å²) in [6.07, 6.45) is 0. The molecule has 5 aromatic carbocycles. The number of benzene rings is 5. The molecule has 0 nitrogen and oxygen atoms in total. The van der Waals surface area contributed by atoms with E-state index in [2.05, 4.69) is 119 Å². The quantitative estimate of drug-likeness (QED) is 0.239. The van der Waals surface area contributed by atoms with E-state index in [0.29, 0.717) is 0 Å². The predicted octanol–water partition coefficient (Wildman–Crippen LogP) is 9.30. The number of halogens is 1. The van der Waals surface area contributed by atoms with Crippen LogP contribution in [-0.4, -0.2) is 0 Å². The fourth-order valence-corrected chi connectivity index (χ4v) is 5.87. The van der Waals surface area contributed by atoms with E-state index in [1.54, 1.807) is 0 Å². The Morgan fingerprint density at radius 1 is 0.467 bits per heavy atom. The Hall–Kier alpha value is -2.94. The molecule has 0 spiro atoms.